The molecule has 0 bridgehead atoms. The molecule has 0 atom stereocenters. The largest absolute Gasteiger partial charge is 0.356 e. The van der Waals surface area contributed by atoms with Gasteiger partial charge in [-0.1, -0.05) is 0 Å². The maximum atomic E-state index is 12.1. The van der Waals surface area contributed by atoms with Crippen LogP contribution in [-0.2, 0) is 19.6 Å². The summed E-state index contributed by atoms with van der Waals surface area (Å²) in [6.07, 6.45) is 5.22. The molecule has 1 saturated carbocycles. The van der Waals surface area contributed by atoms with Crippen molar-refractivity contribution in [3.05, 3.63) is 0 Å². The molecule has 2 aliphatic rings. The van der Waals surface area contributed by atoms with E-state index in [2.05, 4.69) is 5.32 Å². The number of hydrogen-bond acceptors (Lipinski definition) is 4. The zero-order chi connectivity index (χ0) is 17.0. The van der Waals surface area contributed by atoms with Gasteiger partial charge in [-0.25, -0.2) is 12.7 Å². The molecule has 7 nitrogen and oxygen atoms in total. The second kappa shape index (κ2) is 7.61. The molecule has 1 heterocycles. The Morgan fingerprint density at radius 1 is 1.13 bits per heavy atom. The van der Waals surface area contributed by atoms with Crippen molar-refractivity contribution in [2.45, 2.75) is 32.1 Å². The number of carbonyl (C=O) groups excluding carboxylic acids is 2. The molecule has 0 unspecified atom stereocenters. The third kappa shape index (κ3) is 5.46. The fraction of sp³-hybridized carbons (Fsp3) is 0.867. The second-order valence-electron chi connectivity index (χ2n) is 6.60. The standard InChI is InChI=1S/C15H27N3O4S/c1-17(23(2,21)22)9-3-8-16-14(19)12-6-10-18(11-7-12)15(20)13-4-5-13/h12-13H,3-11H2,1-2H3,(H,16,19). The number of amides is 2. The number of piperidine rings is 1. The van der Waals surface area contributed by atoms with Gasteiger partial charge in [-0.2, -0.15) is 0 Å². The Morgan fingerprint density at radius 3 is 2.26 bits per heavy atom. The second-order valence-corrected chi connectivity index (χ2v) is 8.69. The van der Waals surface area contributed by atoms with Gasteiger partial charge in [0.05, 0.1) is 6.26 Å². The van der Waals surface area contributed by atoms with Crippen molar-refractivity contribution in [1.29, 1.82) is 0 Å². The Hall–Kier alpha value is -1.15. The SMILES string of the molecule is CN(CCCNC(=O)C1CCN(C(=O)C2CC2)CC1)S(C)(=O)=O. The van der Waals surface area contributed by atoms with Crippen LogP contribution in [0.1, 0.15) is 32.1 Å². The van der Waals surface area contributed by atoms with Gasteiger partial charge in [-0.15, -0.1) is 0 Å². The fourth-order valence-electron chi connectivity index (χ4n) is 2.77. The topological polar surface area (TPSA) is 86.8 Å². The van der Waals surface area contributed by atoms with Crippen LogP contribution in [-0.4, -0.2) is 68.9 Å². The molecule has 2 amide bonds. The van der Waals surface area contributed by atoms with Gasteiger partial charge in [0.25, 0.3) is 0 Å². The summed E-state index contributed by atoms with van der Waals surface area (Å²) in [4.78, 5) is 26.0. The molecule has 0 spiro atoms. The molecule has 0 radical (unpaired) electrons. The summed E-state index contributed by atoms with van der Waals surface area (Å²) in [6.45, 7) is 2.21. The van der Waals surface area contributed by atoms with Gasteiger partial charge < -0.3 is 10.2 Å². The average molecular weight is 345 g/mol. The van der Waals surface area contributed by atoms with E-state index in [0.717, 1.165) is 12.8 Å². The van der Waals surface area contributed by atoms with Crippen LogP contribution in [0.5, 0.6) is 0 Å². The third-order valence-corrected chi connectivity index (χ3v) is 5.93. The van der Waals surface area contributed by atoms with E-state index in [1.807, 2.05) is 4.90 Å². The number of likely N-dealkylation sites (tertiary alicyclic amines) is 1. The molecule has 132 valence electrons. The highest BCUT2D eigenvalue weighted by Crippen LogP contribution is 2.32. The maximum absolute atomic E-state index is 12.1. The Kier molecular flexibility index (Phi) is 6.02. The third-order valence-electron chi connectivity index (χ3n) is 4.62. The van der Waals surface area contributed by atoms with E-state index < -0.39 is 10.0 Å². The van der Waals surface area contributed by atoms with Crippen LogP contribution in [0.3, 0.4) is 0 Å². The average Bonchev–Trinajstić information content (AvgIpc) is 3.34. The summed E-state index contributed by atoms with van der Waals surface area (Å²) in [5.41, 5.74) is 0. The molecule has 1 aliphatic heterocycles. The molecule has 8 heteroatoms. The highest BCUT2D eigenvalue weighted by molar-refractivity contribution is 7.88. The van der Waals surface area contributed by atoms with Crippen molar-refractivity contribution in [3.63, 3.8) is 0 Å². The molecule has 2 rings (SSSR count). The van der Waals surface area contributed by atoms with Crippen molar-refractivity contribution in [1.82, 2.24) is 14.5 Å². The first-order chi connectivity index (χ1) is 10.8. The summed E-state index contributed by atoms with van der Waals surface area (Å²) in [5.74, 6) is 0.483. The molecule has 1 saturated heterocycles. The lowest BCUT2D eigenvalue weighted by Crippen LogP contribution is -2.43. The Bertz CT molecular complexity index is 537. The lowest BCUT2D eigenvalue weighted by Gasteiger charge is -2.31. The molecule has 2 fully saturated rings. The molecule has 0 aromatic rings. The summed E-state index contributed by atoms with van der Waals surface area (Å²) >= 11 is 0. The highest BCUT2D eigenvalue weighted by Gasteiger charge is 2.35. The number of rotatable bonds is 7. The lowest BCUT2D eigenvalue weighted by molar-refractivity contribution is -0.136. The number of sulfonamides is 1. The van der Waals surface area contributed by atoms with Crippen LogP contribution in [0, 0.1) is 11.8 Å². The van der Waals surface area contributed by atoms with E-state index in [1.165, 1.54) is 17.6 Å². The van der Waals surface area contributed by atoms with Crippen molar-refractivity contribution in [2.75, 3.05) is 39.5 Å². The van der Waals surface area contributed by atoms with E-state index in [-0.39, 0.29) is 23.7 Å². The summed E-state index contributed by atoms with van der Waals surface area (Å²) in [6, 6.07) is 0. The van der Waals surface area contributed by atoms with Crippen LogP contribution >= 0.6 is 0 Å². The van der Waals surface area contributed by atoms with E-state index >= 15 is 0 Å². The normalized spacial score (nSPS) is 19.9. The predicted molar refractivity (Wildman–Crippen MR) is 87.1 cm³/mol. The Labute approximate surface area is 138 Å². The van der Waals surface area contributed by atoms with Gasteiger partial charge in [0.15, 0.2) is 0 Å². The predicted octanol–water partition coefficient (Wildman–Crippen LogP) is 0.0327. The van der Waals surface area contributed by atoms with Crippen LogP contribution in [0.15, 0.2) is 0 Å². The molecule has 0 aromatic carbocycles. The molecular formula is C15H27N3O4S. The van der Waals surface area contributed by atoms with Crippen molar-refractivity contribution in [2.24, 2.45) is 11.8 Å². The van der Waals surface area contributed by atoms with E-state index in [9.17, 15) is 18.0 Å². The summed E-state index contributed by atoms with van der Waals surface area (Å²) in [5, 5.41) is 2.87. The number of nitrogens with zero attached hydrogens (tertiary/aromatic N) is 2. The first kappa shape index (κ1) is 18.2. The molecular weight excluding hydrogens is 318 g/mol. The smallest absolute Gasteiger partial charge is 0.225 e. The van der Waals surface area contributed by atoms with Gasteiger partial charge in [-0.05, 0) is 32.1 Å². The summed E-state index contributed by atoms with van der Waals surface area (Å²) in [7, 11) is -1.63. The van der Waals surface area contributed by atoms with E-state index in [4.69, 9.17) is 0 Å². The maximum Gasteiger partial charge on any atom is 0.225 e. The summed E-state index contributed by atoms with van der Waals surface area (Å²) < 4.78 is 23.8. The molecule has 23 heavy (non-hydrogen) atoms. The minimum absolute atomic E-state index is 0.0190. The van der Waals surface area contributed by atoms with Crippen LogP contribution < -0.4 is 5.32 Å². The quantitative estimate of drug-likeness (QED) is 0.660. The Morgan fingerprint density at radius 2 is 1.74 bits per heavy atom. The fourth-order valence-corrected chi connectivity index (χ4v) is 3.23. The zero-order valence-electron chi connectivity index (χ0n) is 14.0. The highest BCUT2D eigenvalue weighted by atomic mass is 32.2. The Balaban J connectivity index is 1.62. The molecule has 1 aliphatic carbocycles. The minimum atomic E-state index is -3.16. The number of hydrogen-bond donors (Lipinski definition) is 1. The van der Waals surface area contributed by atoms with Gasteiger partial charge in [0.2, 0.25) is 21.8 Å². The van der Waals surface area contributed by atoms with Gasteiger partial charge >= 0.3 is 0 Å². The number of nitrogens with one attached hydrogen (secondary N) is 1. The van der Waals surface area contributed by atoms with E-state index in [0.29, 0.717) is 45.4 Å². The zero-order valence-corrected chi connectivity index (χ0v) is 14.8. The number of carbonyl (C=O) groups is 2. The molecule has 0 aromatic heterocycles. The van der Waals surface area contributed by atoms with Gasteiger partial charge in [-0.3, -0.25) is 9.59 Å². The minimum Gasteiger partial charge on any atom is -0.356 e. The van der Waals surface area contributed by atoms with Gasteiger partial charge in [0, 0.05) is 45.1 Å². The van der Waals surface area contributed by atoms with Crippen LogP contribution in [0.4, 0.5) is 0 Å². The van der Waals surface area contributed by atoms with Crippen LogP contribution in [0.2, 0.25) is 0 Å². The van der Waals surface area contributed by atoms with Crippen LogP contribution in [0.25, 0.3) is 0 Å². The van der Waals surface area contributed by atoms with Crippen molar-refractivity contribution < 1.29 is 18.0 Å². The molecule has 1 N–H and O–H groups in total. The first-order valence-electron chi connectivity index (χ1n) is 8.27. The van der Waals surface area contributed by atoms with E-state index in [1.54, 1.807) is 0 Å². The van der Waals surface area contributed by atoms with Crippen molar-refractivity contribution >= 4 is 21.8 Å². The van der Waals surface area contributed by atoms with Gasteiger partial charge in [0.1, 0.15) is 0 Å². The first-order valence-corrected chi connectivity index (χ1v) is 10.1. The van der Waals surface area contributed by atoms with Crippen molar-refractivity contribution in [3.8, 4) is 0 Å². The monoisotopic (exact) mass is 345 g/mol. The lowest BCUT2D eigenvalue weighted by atomic mass is 9.95.